The Kier molecular flexibility index (Phi) is 4.61. The summed E-state index contributed by atoms with van der Waals surface area (Å²) in [4.78, 5) is 12.6. The van der Waals surface area contributed by atoms with E-state index in [4.69, 9.17) is 0 Å². The zero-order valence-corrected chi connectivity index (χ0v) is 17.2. The molecule has 0 spiro atoms. The molecule has 2 unspecified atom stereocenters. The maximum absolute atomic E-state index is 12.6. The van der Waals surface area contributed by atoms with E-state index in [1.54, 1.807) is 0 Å². The summed E-state index contributed by atoms with van der Waals surface area (Å²) in [5.41, 5.74) is 0.935. The van der Waals surface area contributed by atoms with E-state index in [0.29, 0.717) is 22.5 Å². The van der Waals surface area contributed by atoms with Gasteiger partial charge in [0.25, 0.3) is 0 Å². The molecule has 0 amide bonds. The van der Waals surface area contributed by atoms with Gasteiger partial charge in [-0.3, -0.25) is 4.79 Å². The molecule has 25 heavy (non-hydrogen) atoms. The third kappa shape index (κ3) is 2.58. The highest BCUT2D eigenvalue weighted by molar-refractivity contribution is 5.82. The molecule has 1 heteroatoms. The maximum atomic E-state index is 12.6. The monoisotopic (exact) mass is 344 g/mol. The van der Waals surface area contributed by atoms with E-state index < -0.39 is 0 Å². The molecule has 0 heterocycles. The molecule has 0 aliphatic heterocycles. The molecule has 4 aliphatic carbocycles. The zero-order chi connectivity index (χ0) is 17.8. The first kappa shape index (κ1) is 18.1. The van der Waals surface area contributed by atoms with Crippen LogP contribution in [0.1, 0.15) is 98.3 Å². The third-order valence-electron chi connectivity index (χ3n) is 9.90. The Bertz CT molecular complexity index is 524. The minimum absolute atomic E-state index is 0.340. The lowest BCUT2D eigenvalue weighted by molar-refractivity contribution is -0.149. The van der Waals surface area contributed by atoms with Gasteiger partial charge in [-0.1, -0.05) is 40.5 Å². The van der Waals surface area contributed by atoms with Crippen molar-refractivity contribution in [2.24, 2.45) is 46.3 Å². The Morgan fingerprint density at radius 1 is 1.00 bits per heavy atom. The van der Waals surface area contributed by atoms with Gasteiger partial charge in [-0.2, -0.15) is 0 Å². The smallest absolute Gasteiger partial charge is 0.136 e. The van der Waals surface area contributed by atoms with E-state index in [1.165, 1.54) is 57.8 Å². The molecule has 0 aromatic heterocycles. The molecule has 1 nitrogen and oxygen atoms in total. The van der Waals surface area contributed by atoms with Gasteiger partial charge in [0.2, 0.25) is 0 Å². The number of fused-ring (bicyclic) bond motifs is 5. The largest absolute Gasteiger partial charge is 0.299 e. The molecule has 4 aliphatic rings. The van der Waals surface area contributed by atoms with Crippen LogP contribution in [0.15, 0.2) is 0 Å². The molecule has 8 atom stereocenters. The number of ketones is 1. The fraction of sp³-hybridized carbons (Fsp3) is 0.958. The lowest BCUT2D eigenvalue weighted by Gasteiger charge is -2.60. The Morgan fingerprint density at radius 3 is 2.52 bits per heavy atom. The van der Waals surface area contributed by atoms with Crippen LogP contribution < -0.4 is 0 Å². The average molecular weight is 345 g/mol. The van der Waals surface area contributed by atoms with E-state index in [-0.39, 0.29) is 0 Å². The van der Waals surface area contributed by atoms with Crippen molar-refractivity contribution in [1.29, 1.82) is 0 Å². The fourth-order valence-corrected chi connectivity index (χ4v) is 8.79. The van der Waals surface area contributed by atoms with Crippen LogP contribution in [0.4, 0.5) is 0 Å². The first-order valence-corrected chi connectivity index (χ1v) is 11.4. The normalized spacial score (nSPS) is 50.7. The third-order valence-corrected chi connectivity index (χ3v) is 9.90. The number of rotatable bonds is 3. The number of hydrogen-bond acceptors (Lipinski definition) is 1. The van der Waals surface area contributed by atoms with E-state index in [9.17, 15) is 4.79 Å². The molecular formula is C24H40O. The molecule has 4 fully saturated rings. The lowest BCUT2D eigenvalue weighted by atomic mass is 9.44. The lowest BCUT2D eigenvalue weighted by Crippen LogP contribution is -2.54. The van der Waals surface area contributed by atoms with Crippen molar-refractivity contribution in [2.75, 3.05) is 0 Å². The molecule has 4 rings (SSSR count). The van der Waals surface area contributed by atoms with E-state index in [1.807, 2.05) is 0 Å². The molecular weight excluding hydrogens is 304 g/mol. The topological polar surface area (TPSA) is 17.1 Å². The van der Waals surface area contributed by atoms with Crippen LogP contribution >= 0.6 is 0 Å². The van der Waals surface area contributed by atoms with Crippen molar-refractivity contribution < 1.29 is 4.79 Å². The van der Waals surface area contributed by atoms with Crippen molar-refractivity contribution in [3.8, 4) is 0 Å². The first-order valence-electron chi connectivity index (χ1n) is 11.4. The number of carbonyl (C=O) groups excluding carboxylic acids is 1. The number of hydrogen-bond donors (Lipinski definition) is 0. The Hall–Kier alpha value is -0.330. The van der Waals surface area contributed by atoms with Crippen molar-refractivity contribution in [3.63, 3.8) is 0 Å². The van der Waals surface area contributed by atoms with Crippen molar-refractivity contribution >= 4 is 5.78 Å². The quantitative estimate of drug-likeness (QED) is 0.560. The molecule has 0 bridgehead atoms. The van der Waals surface area contributed by atoms with Crippen molar-refractivity contribution in [2.45, 2.75) is 98.3 Å². The van der Waals surface area contributed by atoms with Gasteiger partial charge in [-0.05, 0) is 91.8 Å². The van der Waals surface area contributed by atoms with Gasteiger partial charge in [-0.25, -0.2) is 0 Å². The van der Waals surface area contributed by atoms with Crippen LogP contribution in [-0.2, 0) is 4.79 Å². The minimum Gasteiger partial charge on any atom is -0.299 e. The first-order chi connectivity index (χ1) is 11.9. The highest BCUT2D eigenvalue weighted by atomic mass is 16.1. The second kappa shape index (κ2) is 6.38. The van der Waals surface area contributed by atoms with Gasteiger partial charge in [0.1, 0.15) is 5.78 Å². The van der Waals surface area contributed by atoms with Gasteiger partial charge in [0.15, 0.2) is 0 Å². The van der Waals surface area contributed by atoms with Crippen LogP contribution in [0, 0.1) is 46.3 Å². The van der Waals surface area contributed by atoms with Crippen molar-refractivity contribution in [1.82, 2.24) is 0 Å². The molecule has 0 N–H and O–H groups in total. The van der Waals surface area contributed by atoms with Crippen LogP contribution in [0.3, 0.4) is 0 Å². The average Bonchev–Trinajstić information content (AvgIpc) is 2.92. The van der Waals surface area contributed by atoms with Crippen LogP contribution in [-0.4, -0.2) is 5.78 Å². The van der Waals surface area contributed by atoms with E-state index in [2.05, 4.69) is 27.7 Å². The molecule has 142 valence electrons. The Balaban J connectivity index is 1.59. The Morgan fingerprint density at radius 2 is 1.76 bits per heavy atom. The molecule has 0 saturated heterocycles. The predicted octanol–water partition coefficient (Wildman–Crippen LogP) is 6.65. The van der Waals surface area contributed by atoms with Gasteiger partial charge in [-0.15, -0.1) is 0 Å². The summed E-state index contributed by atoms with van der Waals surface area (Å²) in [5.74, 6) is 5.59. The summed E-state index contributed by atoms with van der Waals surface area (Å²) in [6.45, 7) is 10.1. The minimum atomic E-state index is 0.340. The summed E-state index contributed by atoms with van der Waals surface area (Å²) in [6, 6.07) is 0. The predicted molar refractivity (Wildman–Crippen MR) is 104 cm³/mol. The van der Waals surface area contributed by atoms with E-state index >= 15 is 0 Å². The van der Waals surface area contributed by atoms with Gasteiger partial charge >= 0.3 is 0 Å². The van der Waals surface area contributed by atoms with Gasteiger partial charge in [0.05, 0.1) is 0 Å². The summed E-state index contributed by atoms with van der Waals surface area (Å²) in [6.07, 6.45) is 14.5. The Labute approximate surface area is 155 Å². The standard InChI is InChI=1S/C24H40O/c1-5-7-16(2)18-11-12-19-17-9-10-21-22(25)8-6-14-23(21,3)20(17)13-15-24(18,19)4/h16-21H,5-15H2,1-4H3/t16?,17-,18+,19-,20-,21?,23+,24+/m0/s1. The molecule has 0 radical (unpaired) electrons. The zero-order valence-electron chi connectivity index (χ0n) is 17.2. The number of carbonyl (C=O) groups is 1. The van der Waals surface area contributed by atoms with Crippen molar-refractivity contribution in [3.05, 3.63) is 0 Å². The highest BCUT2D eigenvalue weighted by Gasteiger charge is 2.61. The van der Waals surface area contributed by atoms with Crippen LogP contribution in [0.2, 0.25) is 0 Å². The summed E-state index contributed by atoms with van der Waals surface area (Å²) in [5, 5.41) is 0. The molecule has 0 aromatic carbocycles. The summed E-state index contributed by atoms with van der Waals surface area (Å²) < 4.78 is 0. The summed E-state index contributed by atoms with van der Waals surface area (Å²) >= 11 is 0. The second-order valence-corrected chi connectivity index (χ2v) is 10.8. The molecule has 0 aromatic rings. The van der Waals surface area contributed by atoms with Crippen LogP contribution in [0.5, 0.6) is 0 Å². The highest BCUT2D eigenvalue weighted by Crippen LogP contribution is 2.68. The maximum Gasteiger partial charge on any atom is 0.136 e. The SMILES string of the molecule is CCCC(C)[C@H]1CC[C@H]2[C@@H]3CCC4C(=O)CCC[C@]4(C)[C@H]3CC[C@]12C. The summed E-state index contributed by atoms with van der Waals surface area (Å²) in [7, 11) is 0. The fourth-order valence-electron chi connectivity index (χ4n) is 8.79. The van der Waals surface area contributed by atoms with E-state index in [0.717, 1.165) is 42.4 Å². The molecule has 4 saturated carbocycles. The van der Waals surface area contributed by atoms with Crippen LogP contribution in [0.25, 0.3) is 0 Å². The van der Waals surface area contributed by atoms with Gasteiger partial charge < -0.3 is 0 Å². The number of Topliss-reactive ketones (excluding diaryl/α,β-unsaturated/α-hetero) is 1. The second-order valence-electron chi connectivity index (χ2n) is 10.8. The van der Waals surface area contributed by atoms with Gasteiger partial charge in [0, 0.05) is 12.3 Å².